The molecule has 0 saturated heterocycles. The Labute approximate surface area is 160 Å². The Hall–Kier alpha value is -3.07. The molecule has 0 fully saturated rings. The molecule has 3 amide bonds. The number of hydrogen-bond acceptors (Lipinski definition) is 6. The first kappa shape index (κ1) is 18.7. The molecule has 9 heteroatoms. The monoisotopic (exact) mass is 385 g/mol. The summed E-state index contributed by atoms with van der Waals surface area (Å²) >= 11 is 1.21. The number of aromatic nitrogens is 3. The van der Waals surface area contributed by atoms with Gasteiger partial charge in [-0.1, -0.05) is 29.5 Å². The Morgan fingerprint density at radius 3 is 2.85 bits per heavy atom. The van der Waals surface area contributed by atoms with E-state index in [0.717, 1.165) is 11.3 Å². The molecular formula is C18H19N5O3S. The van der Waals surface area contributed by atoms with Crippen LogP contribution in [0.4, 0.5) is 4.79 Å². The van der Waals surface area contributed by atoms with E-state index in [-0.39, 0.29) is 12.3 Å². The molecular weight excluding hydrogens is 366 g/mol. The smallest absolute Gasteiger partial charge is 0.321 e. The number of nitrogens with zero attached hydrogens (tertiary/aromatic N) is 3. The summed E-state index contributed by atoms with van der Waals surface area (Å²) in [5.74, 6) is 0.221. The van der Waals surface area contributed by atoms with Crippen molar-refractivity contribution in [2.45, 2.75) is 25.5 Å². The van der Waals surface area contributed by atoms with Gasteiger partial charge in [0.2, 0.25) is 5.91 Å². The number of carbonyl (C=O) groups excluding carboxylic acids is 2. The lowest BCUT2D eigenvalue weighted by atomic mass is 10.1. The summed E-state index contributed by atoms with van der Waals surface area (Å²) < 4.78 is 6.93. The van der Waals surface area contributed by atoms with Gasteiger partial charge in [0.05, 0.1) is 24.2 Å². The number of aryl methyl sites for hydroxylation is 2. The summed E-state index contributed by atoms with van der Waals surface area (Å²) in [6.45, 7) is 4.24. The second-order valence-electron chi connectivity index (χ2n) is 5.87. The molecule has 0 atom stereocenters. The van der Waals surface area contributed by atoms with Crippen molar-refractivity contribution in [2.75, 3.05) is 5.75 Å². The van der Waals surface area contributed by atoms with Crippen LogP contribution in [0.25, 0.3) is 5.69 Å². The predicted octanol–water partition coefficient (Wildman–Crippen LogP) is 2.60. The average molecular weight is 385 g/mol. The molecule has 1 aromatic carbocycles. The largest absolute Gasteiger partial charge is 0.467 e. The Bertz CT molecular complexity index is 936. The summed E-state index contributed by atoms with van der Waals surface area (Å²) in [7, 11) is 0. The second kappa shape index (κ2) is 8.54. The fourth-order valence-corrected chi connectivity index (χ4v) is 3.20. The maximum Gasteiger partial charge on any atom is 0.321 e. The molecule has 0 bridgehead atoms. The number of rotatable bonds is 6. The van der Waals surface area contributed by atoms with Gasteiger partial charge in [-0.2, -0.15) is 0 Å². The Morgan fingerprint density at radius 1 is 1.26 bits per heavy atom. The normalized spacial score (nSPS) is 10.6. The number of benzene rings is 1. The zero-order valence-electron chi connectivity index (χ0n) is 14.9. The van der Waals surface area contributed by atoms with Crippen LogP contribution in [0, 0.1) is 13.8 Å². The van der Waals surface area contributed by atoms with Gasteiger partial charge in [-0.05, 0) is 37.6 Å². The third-order valence-corrected chi connectivity index (χ3v) is 4.66. The summed E-state index contributed by atoms with van der Waals surface area (Å²) in [5, 5.41) is 13.4. The number of urea groups is 1. The van der Waals surface area contributed by atoms with Crippen molar-refractivity contribution in [1.82, 2.24) is 25.4 Å². The van der Waals surface area contributed by atoms with Crippen molar-refractivity contribution in [2.24, 2.45) is 0 Å². The number of carbonyl (C=O) groups is 2. The Morgan fingerprint density at radius 2 is 2.11 bits per heavy atom. The van der Waals surface area contributed by atoms with E-state index in [2.05, 4.69) is 26.9 Å². The number of furan rings is 1. The molecule has 2 aromatic heterocycles. The molecule has 0 aliphatic carbocycles. The topological polar surface area (TPSA) is 102 Å². The van der Waals surface area contributed by atoms with E-state index in [4.69, 9.17) is 4.42 Å². The number of hydrogen-bond donors (Lipinski definition) is 2. The molecule has 3 aromatic rings. The molecule has 0 aliphatic rings. The molecule has 0 spiro atoms. The molecule has 8 nitrogen and oxygen atoms in total. The molecule has 27 heavy (non-hydrogen) atoms. The van der Waals surface area contributed by atoms with Crippen molar-refractivity contribution in [3.8, 4) is 5.69 Å². The quantitative estimate of drug-likeness (QED) is 0.633. The Kier molecular flexibility index (Phi) is 5.92. The molecule has 2 N–H and O–H groups in total. The minimum Gasteiger partial charge on any atom is -0.467 e. The molecule has 140 valence electrons. The van der Waals surface area contributed by atoms with Crippen LogP contribution < -0.4 is 10.6 Å². The van der Waals surface area contributed by atoms with Crippen LogP contribution in [0.1, 0.15) is 16.9 Å². The minimum atomic E-state index is -0.576. The van der Waals surface area contributed by atoms with E-state index < -0.39 is 11.9 Å². The SMILES string of the molecule is Cc1ccc(-n2cnnc2SCC(=O)NC(=O)NCc2ccco2)c(C)c1. The van der Waals surface area contributed by atoms with Crippen LogP contribution in [-0.4, -0.2) is 32.5 Å². The average Bonchev–Trinajstić information content (AvgIpc) is 3.30. The summed E-state index contributed by atoms with van der Waals surface area (Å²) in [5.41, 5.74) is 3.20. The first-order valence-electron chi connectivity index (χ1n) is 8.23. The van der Waals surface area contributed by atoms with Crippen molar-refractivity contribution >= 4 is 23.7 Å². The molecule has 0 unspecified atom stereocenters. The maximum atomic E-state index is 12.0. The van der Waals surface area contributed by atoms with Gasteiger partial charge in [-0.3, -0.25) is 14.7 Å². The van der Waals surface area contributed by atoms with Gasteiger partial charge >= 0.3 is 6.03 Å². The van der Waals surface area contributed by atoms with E-state index in [1.807, 2.05) is 30.5 Å². The Balaban J connectivity index is 1.53. The predicted molar refractivity (Wildman–Crippen MR) is 101 cm³/mol. The van der Waals surface area contributed by atoms with E-state index in [1.165, 1.54) is 23.6 Å². The van der Waals surface area contributed by atoms with Crippen molar-refractivity contribution < 1.29 is 14.0 Å². The highest BCUT2D eigenvalue weighted by atomic mass is 32.2. The van der Waals surface area contributed by atoms with Crippen molar-refractivity contribution in [3.63, 3.8) is 0 Å². The van der Waals surface area contributed by atoms with Crippen LogP contribution in [0.5, 0.6) is 0 Å². The molecule has 3 rings (SSSR count). The molecule has 2 heterocycles. The summed E-state index contributed by atoms with van der Waals surface area (Å²) in [6.07, 6.45) is 3.12. The zero-order valence-corrected chi connectivity index (χ0v) is 15.7. The lowest BCUT2D eigenvalue weighted by molar-refractivity contribution is -0.117. The highest BCUT2D eigenvalue weighted by Crippen LogP contribution is 2.22. The molecule has 0 saturated carbocycles. The van der Waals surface area contributed by atoms with Gasteiger partial charge in [0.15, 0.2) is 5.16 Å². The fourth-order valence-electron chi connectivity index (χ4n) is 2.48. The van der Waals surface area contributed by atoms with Gasteiger partial charge < -0.3 is 9.73 Å². The fraction of sp³-hybridized carbons (Fsp3) is 0.222. The second-order valence-corrected chi connectivity index (χ2v) is 6.81. The van der Waals surface area contributed by atoms with Crippen LogP contribution in [0.2, 0.25) is 0 Å². The minimum absolute atomic E-state index is 0.0395. The standard InChI is InChI=1S/C18H19N5O3S/c1-12-5-6-15(13(2)8-12)23-11-20-22-18(23)27-10-16(24)21-17(25)19-9-14-4-3-7-26-14/h3-8,11H,9-10H2,1-2H3,(H2,19,21,24,25). The van der Waals surface area contributed by atoms with Gasteiger partial charge in [0.25, 0.3) is 0 Å². The van der Waals surface area contributed by atoms with Gasteiger partial charge in [0, 0.05) is 0 Å². The van der Waals surface area contributed by atoms with E-state index in [1.54, 1.807) is 18.5 Å². The summed E-state index contributed by atoms with van der Waals surface area (Å²) in [6, 6.07) is 8.95. The van der Waals surface area contributed by atoms with Gasteiger partial charge in [-0.15, -0.1) is 10.2 Å². The third-order valence-electron chi connectivity index (χ3n) is 3.72. The first-order valence-corrected chi connectivity index (χ1v) is 9.22. The van der Waals surface area contributed by atoms with Crippen LogP contribution >= 0.6 is 11.8 Å². The van der Waals surface area contributed by atoms with Crippen LogP contribution in [0.3, 0.4) is 0 Å². The third kappa shape index (κ3) is 4.98. The van der Waals surface area contributed by atoms with E-state index in [9.17, 15) is 9.59 Å². The lowest BCUT2D eigenvalue weighted by Gasteiger charge is -2.10. The number of nitrogens with one attached hydrogen (secondary N) is 2. The maximum absolute atomic E-state index is 12.0. The molecule has 0 radical (unpaired) electrons. The number of thioether (sulfide) groups is 1. The van der Waals surface area contributed by atoms with Gasteiger partial charge in [0.1, 0.15) is 12.1 Å². The van der Waals surface area contributed by atoms with Crippen LogP contribution in [0.15, 0.2) is 52.5 Å². The zero-order chi connectivity index (χ0) is 19.2. The van der Waals surface area contributed by atoms with Crippen LogP contribution in [-0.2, 0) is 11.3 Å². The molecule has 0 aliphatic heterocycles. The van der Waals surface area contributed by atoms with Gasteiger partial charge in [-0.25, -0.2) is 4.79 Å². The lowest BCUT2D eigenvalue weighted by Crippen LogP contribution is -2.39. The first-order chi connectivity index (χ1) is 13.0. The van der Waals surface area contributed by atoms with E-state index >= 15 is 0 Å². The van der Waals surface area contributed by atoms with Crippen molar-refractivity contribution in [3.05, 3.63) is 59.8 Å². The highest BCUT2D eigenvalue weighted by molar-refractivity contribution is 7.99. The summed E-state index contributed by atoms with van der Waals surface area (Å²) in [4.78, 5) is 23.7. The number of amides is 3. The van der Waals surface area contributed by atoms with E-state index in [0.29, 0.717) is 10.9 Å². The highest BCUT2D eigenvalue weighted by Gasteiger charge is 2.13. The number of imide groups is 1. The van der Waals surface area contributed by atoms with Crippen molar-refractivity contribution in [1.29, 1.82) is 0 Å².